The fourth-order valence-electron chi connectivity index (χ4n) is 3.37. The van der Waals surface area contributed by atoms with Crippen LogP contribution in [-0.2, 0) is 6.18 Å². The first-order chi connectivity index (χ1) is 10.0. The van der Waals surface area contributed by atoms with Gasteiger partial charge in [-0.25, -0.2) is 0 Å². The van der Waals surface area contributed by atoms with Gasteiger partial charge in [-0.15, -0.1) is 0 Å². The summed E-state index contributed by atoms with van der Waals surface area (Å²) in [6, 6.07) is 3.44. The molecule has 3 heterocycles. The van der Waals surface area contributed by atoms with Gasteiger partial charge < -0.3 is 9.80 Å². The van der Waals surface area contributed by atoms with Crippen LogP contribution in [0.5, 0.6) is 0 Å². The minimum Gasteiger partial charge on any atom is -0.371 e. The van der Waals surface area contributed by atoms with Gasteiger partial charge in [0.2, 0.25) is 0 Å². The number of piperidine rings is 1. The molecule has 2 fully saturated rings. The third-order valence-electron chi connectivity index (χ3n) is 4.52. The molecule has 1 aromatic heterocycles. The molecule has 0 radical (unpaired) electrons. The van der Waals surface area contributed by atoms with Crippen molar-refractivity contribution < 1.29 is 13.2 Å². The van der Waals surface area contributed by atoms with Gasteiger partial charge in [0, 0.05) is 31.0 Å². The summed E-state index contributed by atoms with van der Waals surface area (Å²) in [7, 11) is 0. The zero-order chi connectivity index (χ0) is 14.9. The Balaban J connectivity index is 1.64. The van der Waals surface area contributed by atoms with Crippen LogP contribution in [0.3, 0.4) is 0 Å². The molecule has 0 aliphatic carbocycles. The summed E-state index contributed by atoms with van der Waals surface area (Å²) in [5.74, 6) is 0. The molecule has 1 aromatic rings. The quantitative estimate of drug-likeness (QED) is 0.836. The second kappa shape index (κ2) is 5.83. The lowest BCUT2D eigenvalue weighted by Gasteiger charge is -2.37. The maximum Gasteiger partial charge on any atom is 0.433 e. The smallest absolute Gasteiger partial charge is 0.371 e. The molecule has 0 atom stereocenters. The molecule has 0 unspecified atom stereocenters. The maximum absolute atomic E-state index is 12.7. The summed E-state index contributed by atoms with van der Waals surface area (Å²) < 4.78 is 38.1. The van der Waals surface area contributed by atoms with E-state index in [0.29, 0.717) is 11.7 Å². The number of nitrogens with zero attached hydrogens (tertiary/aromatic N) is 3. The first-order valence-electron chi connectivity index (χ1n) is 7.56. The number of pyridine rings is 1. The average molecular weight is 299 g/mol. The second-order valence-corrected chi connectivity index (χ2v) is 5.86. The van der Waals surface area contributed by atoms with E-state index in [-0.39, 0.29) is 0 Å². The Morgan fingerprint density at radius 3 is 2.33 bits per heavy atom. The Labute approximate surface area is 122 Å². The zero-order valence-corrected chi connectivity index (χ0v) is 11.9. The first-order valence-corrected chi connectivity index (χ1v) is 7.56. The Hall–Kier alpha value is -1.30. The summed E-state index contributed by atoms with van der Waals surface area (Å²) >= 11 is 0. The maximum atomic E-state index is 12.7. The van der Waals surface area contributed by atoms with Crippen molar-refractivity contribution in [3.8, 4) is 0 Å². The van der Waals surface area contributed by atoms with E-state index in [1.54, 1.807) is 6.07 Å². The highest BCUT2D eigenvalue weighted by Gasteiger charge is 2.33. The molecule has 0 spiro atoms. The topological polar surface area (TPSA) is 19.4 Å². The van der Waals surface area contributed by atoms with Crippen LogP contribution in [0, 0.1) is 0 Å². The van der Waals surface area contributed by atoms with E-state index in [1.165, 1.54) is 32.1 Å². The summed E-state index contributed by atoms with van der Waals surface area (Å²) in [6.45, 7) is 4.00. The number of hydrogen-bond acceptors (Lipinski definition) is 3. The predicted octanol–water partition coefficient (Wildman–Crippen LogP) is 3.17. The predicted molar refractivity (Wildman–Crippen MR) is 75.3 cm³/mol. The lowest BCUT2D eigenvalue weighted by atomic mass is 10.0. The highest BCUT2D eigenvalue weighted by Crippen LogP contribution is 2.31. The number of aromatic nitrogens is 1. The Kier molecular flexibility index (Phi) is 4.06. The molecular weight excluding hydrogens is 279 g/mol. The van der Waals surface area contributed by atoms with Gasteiger partial charge in [-0.1, -0.05) is 0 Å². The van der Waals surface area contributed by atoms with Crippen LogP contribution in [-0.4, -0.2) is 42.1 Å². The minimum atomic E-state index is -4.37. The van der Waals surface area contributed by atoms with E-state index in [4.69, 9.17) is 0 Å². The molecular formula is C15H20F3N3. The molecule has 6 heteroatoms. The van der Waals surface area contributed by atoms with Gasteiger partial charge in [0.1, 0.15) is 5.69 Å². The Morgan fingerprint density at radius 1 is 1.05 bits per heavy atom. The van der Waals surface area contributed by atoms with Crippen LogP contribution in [0.25, 0.3) is 0 Å². The van der Waals surface area contributed by atoms with Gasteiger partial charge in [0.15, 0.2) is 0 Å². The standard InChI is InChI=1S/C15H20F3N3/c16-15(17,18)14-11-13(3-6-19-14)21-9-4-12(5-10-21)20-7-1-2-8-20/h3,6,11-12H,1-2,4-5,7-10H2. The number of rotatable bonds is 2. The summed E-state index contributed by atoms with van der Waals surface area (Å²) in [5, 5.41) is 0. The van der Waals surface area contributed by atoms with Crippen LogP contribution in [0.2, 0.25) is 0 Å². The normalized spacial score (nSPS) is 22.0. The third kappa shape index (κ3) is 3.31. The molecule has 116 valence electrons. The zero-order valence-electron chi connectivity index (χ0n) is 11.9. The van der Waals surface area contributed by atoms with Gasteiger partial charge in [-0.05, 0) is 50.9 Å². The molecule has 2 aliphatic rings. The number of likely N-dealkylation sites (tertiary alicyclic amines) is 1. The average Bonchev–Trinajstić information content (AvgIpc) is 3.01. The molecule has 0 bridgehead atoms. The molecule has 0 N–H and O–H groups in total. The number of hydrogen-bond donors (Lipinski definition) is 0. The highest BCUT2D eigenvalue weighted by molar-refractivity contribution is 5.47. The number of alkyl halides is 3. The third-order valence-corrected chi connectivity index (χ3v) is 4.52. The van der Waals surface area contributed by atoms with Gasteiger partial charge in [-0.2, -0.15) is 13.2 Å². The number of anilines is 1. The van der Waals surface area contributed by atoms with Crippen LogP contribution in [0.4, 0.5) is 18.9 Å². The largest absolute Gasteiger partial charge is 0.433 e. The van der Waals surface area contributed by atoms with Gasteiger partial charge in [0.05, 0.1) is 0 Å². The molecule has 3 nitrogen and oxygen atoms in total. The summed E-state index contributed by atoms with van der Waals surface area (Å²) in [5.41, 5.74) is -0.168. The van der Waals surface area contributed by atoms with E-state index in [0.717, 1.165) is 32.0 Å². The van der Waals surface area contributed by atoms with Crippen molar-refractivity contribution in [3.63, 3.8) is 0 Å². The van der Waals surface area contributed by atoms with Crippen molar-refractivity contribution in [1.29, 1.82) is 0 Å². The monoisotopic (exact) mass is 299 g/mol. The Bertz CT molecular complexity index is 475. The molecule has 0 saturated carbocycles. The first kappa shape index (κ1) is 14.6. The summed E-state index contributed by atoms with van der Waals surface area (Å²) in [6.07, 6.45) is 1.50. The molecule has 21 heavy (non-hydrogen) atoms. The van der Waals surface area contributed by atoms with Gasteiger partial charge in [0.25, 0.3) is 0 Å². The highest BCUT2D eigenvalue weighted by atomic mass is 19.4. The van der Waals surface area contributed by atoms with Crippen molar-refractivity contribution in [3.05, 3.63) is 24.0 Å². The summed E-state index contributed by atoms with van der Waals surface area (Å²) in [4.78, 5) is 8.00. The molecule has 3 rings (SSSR count). The van der Waals surface area contributed by atoms with Crippen molar-refractivity contribution in [2.75, 3.05) is 31.1 Å². The van der Waals surface area contributed by atoms with E-state index >= 15 is 0 Å². The Morgan fingerprint density at radius 2 is 1.71 bits per heavy atom. The molecule has 2 saturated heterocycles. The fourth-order valence-corrected chi connectivity index (χ4v) is 3.37. The van der Waals surface area contributed by atoms with E-state index in [2.05, 4.69) is 9.88 Å². The number of halogens is 3. The van der Waals surface area contributed by atoms with Crippen molar-refractivity contribution in [2.45, 2.75) is 37.9 Å². The van der Waals surface area contributed by atoms with E-state index in [9.17, 15) is 13.2 Å². The lowest BCUT2D eigenvalue weighted by molar-refractivity contribution is -0.141. The van der Waals surface area contributed by atoms with Crippen molar-refractivity contribution in [2.24, 2.45) is 0 Å². The minimum absolute atomic E-state index is 0.604. The van der Waals surface area contributed by atoms with Gasteiger partial charge in [-0.3, -0.25) is 4.98 Å². The molecule has 2 aliphatic heterocycles. The van der Waals surface area contributed by atoms with Crippen LogP contribution < -0.4 is 4.90 Å². The van der Waals surface area contributed by atoms with Gasteiger partial charge >= 0.3 is 6.18 Å². The molecule has 0 aromatic carbocycles. The fraction of sp³-hybridized carbons (Fsp3) is 0.667. The van der Waals surface area contributed by atoms with Crippen molar-refractivity contribution >= 4 is 5.69 Å². The van der Waals surface area contributed by atoms with Crippen molar-refractivity contribution in [1.82, 2.24) is 9.88 Å². The SMILES string of the molecule is FC(F)(F)c1cc(N2CCC(N3CCCC3)CC2)ccn1. The van der Waals surface area contributed by atoms with E-state index < -0.39 is 11.9 Å². The van der Waals surface area contributed by atoms with E-state index in [1.807, 2.05) is 4.90 Å². The molecule has 0 amide bonds. The van der Waals surface area contributed by atoms with Crippen LogP contribution in [0.15, 0.2) is 18.3 Å². The van der Waals surface area contributed by atoms with Crippen LogP contribution in [0.1, 0.15) is 31.4 Å². The lowest BCUT2D eigenvalue weighted by Crippen LogP contribution is -2.43. The second-order valence-electron chi connectivity index (χ2n) is 5.86. The van der Waals surface area contributed by atoms with Crippen LogP contribution >= 0.6 is 0 Å².